The van der Waals surface area contributed by atoms with Gasteiger partial charge in [-0.05, 0) is 61.4 Å². The monoisotopic (exact) mass is 345 g/mol. The molecule has 4 nitrogen and oxygen atoms in total. The van der Waals surface area contributed by atoms with Gasteiger partial charge in [0, 0.05) is 18.0 Å². The number of amides is 1. The smallest absolute Gasteiger partial charge is 0.260 e. The maximum atomic E-state index is 12.3. The van der Waals surface area contributed by atoms with Crippen LogP contribution in [0.5, 0.6) is 11.5 Å². The van der Waals surface area contributed by atoms with Crippen LogP contribution in [0.4, 0.5) is 0 Å². The topological polar surface area (TPSA) is 38.8 Å². The molecule has 2 heterocycles. The van der Waals surface area contributed by atoms with E-state index in [0.717, 1.165) is 31.7 Å². The largest absolute Gasteiger partial charge is 0.494 e. The van der Waals surface area contributed by atoms with Gasteiger partial charge in [0.25, 0.3) is 5.91 Å². The lowest BCUT2D eigenvalue weighted by Gasteiger charge is -2.31. The summed E-state index contributed by atoms with van der Waals surface area (Å²) in [6.07, 6.45) is 2.07. The van der Waals surface area contributed by atoms with Crippen LogP contribution in [0.3, 0.4) is 0 Å². The molecule has 1 saturated heterocycles. The quantitative estimate of drug-likeness (QED) is 0.796. The van der Waals surface area contributed by atoms with E-state index in [1.807, 2.05) is 47.4 Å². The molecule has 0 radical (unpaired) electrons. The summed E-state index contributed by atoms with van der Waals surface area (Å²) in [7, 11) is 0. The molecule has 0 bridgehead atoms. The number of hydrogen-bond donors (Lipinski definition) is 0. The zero-order valence-electron chi connectivity index (χ0n) is 13.9. The number of carbonyl (C=O) groups excluding carboxylic acids is 1. The summed E-state index contributed by atoms with van der Waals surface area (Å²) in [5.41, 5.74) is 0. The number of thiophene rings is 1. The molecule has 1 amide bonds. The summed E-state index contributed by atoms with van der Waals surface area (Å²) in [4.78, 5) is 15.7. The Hall–Kier alpha value is -2.01. The first-order chi connectivity index (χ1) is 11.8. The van der Waals surface area contributed by atoms with Crippen LogP contribution in [0, 0.1) is 0 Å². The van der Waals surface area contributed by atoms with Crippen LogP contribution in [0.15, 0.2) is 41.8 Å². The van der Waals surface area contributed by atoms with E-state index in [9.17, 15) is 4.79 Å². The predicted octanol–water partition coefficient (Wildman–Crippen LogP) is 3.93. The number of rotatable bonds is 6. The molecule has 0 saturated carbocycles. The van der Waals surface area contributed by atoms with Gasteiger partial charge in [-0.1, -0.05) is 6.07 Å². The van der Waals surface area contributed by atoms with E-state index in [-0.39, 0.29) is 12.5 Å². The Morgan fingerprint density at radius 3 is 2.38 bits per heavy atom. The van der Waals surface area contributed by atoms with E-state index in [4.69, 9.17) is 9.47 Å². The molecule has 3 rings (SSSR count). The van der Waals surface area contributed by atoms with Gasteiger partial charge in [-0.25, -0.2) is 0 Å². The molecule has 1 aliphatic rings. The summed E-state index contributed by atoms with van der Waals surface area (Å²) in [6.45, 7) is 4.31. The molecule has 5 heteroatoms. The third-order valence-electron chi connectivity index (χ3n) is 4.29. The van der Waals surface area contributed by atoms with Crippen LogP contribution < -0.4 is 9.47 Å². The van der Waals surface area contributed by atoms with Crippen LogP contribution in [-0.4, -0.2) is 37.1 Å². The molecular weight excluding hydrogens is 322 g/mol. The minimum absolute atomic E-state index is 0.0634. The van der Waals surface area contributed by atoms with Gasteiger partial charge in [-0.3, -0.25) is 4.79 Å². The van der Waals surface area contributed by atoms with Gasteiger partial charge in [0.05, 0.1) is 6.61 Å². The number of carbonyl (C=O) groups is 1. The van der Waals surface area contributed by atoms with Crippen molar-refractivity contribution in [3.05, 3.63) is 46.7 Å². The Balaban J connectivity index is 1.44. The first-order valence-corrected chi connectivity index (χ1v) is 9.31. The zero-order valence-corrected chi connectivity index (χ0v) is 14.8. The zero-order chi connectivity index (χ0) is 16.8. The van der Waals surface area contributed by atoms with Gasteiger partial charge < -0.3 is 14.4 Å². The van der Waals surface area contributed by atoms with Gasteiger partial charge in [-0.2, -0.15) is 0 Å². The molecule has 0 N–H and O–H groups in total. The Kier molecular flexibility index (Phi) is 5.75. The fraction of sp³-hybridized carbons (Fsp3) is 0.421. The van der Waals surface area contributed by atoms with Crippen LogP contribution >= 0.6 is 11.3 Å². The molecule has 1 aromatic heterocycles. The van der Waals surface area contributed by atoms with Crippen molar-refractivity contribution in [2.75, 3.05) is 26.3 Å². The lowest BCUT2D eigenvalue weighted by molar-refractivity contribution is -0.134. The number of ether oxygens (including phenoxy) is 2. The third-order valence-corrected chi connectivity index (χ3v) is 5.33. The van der Waals surface area contributed by atoms with E-state index < -0.39 is 0 Å². The summed E-state index contributed by atoms with van der Waals surface area (Å²) < 4.78 is 11.0. The summed E-state index contributed by atoms with van der Waals surface area (Å²) >= 11 is 1.81. The first kappa shape index (κ1) is 16.8. The average molecular weight is 345 g/mol. The van der Waals surface area contributed by atoms with Gasteiger partial charge in [-0.15, -0.1) is 11.3 Å². The van der Waals surface area contributed by atoms with E-state index >= 15 is 0 Å². The maximum absolute atomic E-state index is 12.3. The highest BCUT2D eigenvalue weighted by molar-refractivity contribution is 7.10. The summed E-state index contributed by atoms with van der Waals surface area (Å²) in [5, 5.41) is 2.12. The fourth-order valence-corrected chi connectivity index (χ4v) is 3.87. The number of benzene rings is 1. The lowest BCUT2D eigenvalue weighted by Crippen LogP contribution is -2.40. The van der Waals surface area contributed by atoms with Crippen molar-refractivity contribution < 1.29 is 14.3 Å². The number of hydrogen-bond acceptors (Lipinski definition) is 4. The standard InChI is InChI=1S/C19H23NO3S/c1-2-22-16-5-7-17(8-6-16)23-14-19(21)20-11-9-15(10-12-20)18-4-3-13-24-18/h3-8,13,15H,2,9-12,14H2,1H3. The number of piperidine rings is 1. The average Bonchev–Trinajstić information content (AvgIpc) is 3.16. The molecule has 0 aliphatic carbocycles. The van der Waals surface area contributed by atoms with Crippen molar-refractivity contribution in [2.24, 2.45) is 0 Å². The summed E-state index contributed by atoms with van der Waals surface area (Å²) in [5.74, 6) is 2.17. The first-order valence-electron chi connectivity index (χ1n) is 8.43. The van der Waals surface area contributed by atoms with Crippen LogP contribution in [0.2, 0.25) is 0 Å². The molecule has 0 atom stereocenters. The van der Waals surface area contributed by atoms with Gasteiger partial charge in [0.2, 0.25) is 0 Å². The van der Waals surface area contributed by atoms with Gasteiger partial charge >= 0.3 is 0 Å². The second-order valence-corrected chi connectivity index (χ2v) is 6.84. The minimum Gasteiger partial charge on any atom is -0.494 e. The Morgan fingerprint density at radius 2 is 1.79 bits per heavy atom. The van der Waals surface area contributed by atoms with E-state index in [0.29, 0.717) is 18.3 Å². The summed E-state index contributed by atoms with van der Waals surface area (Å²) in [6, 6.07) is 11.7. The lowest BCUT2D eigenvalue weighted by atomic mass is 9.95. The minimum atomic E-state index is 0.0634. The molecule has 0 spiro atoms. The third kappa shape index (κ3) is 4.29. The normalized spacial score (nSPS) is 15.3. The highest BCUT2D eigenvalue weighted by Crippen LogP contribution is 2.31. The molecule has 1 fully saturated rings. The van der Waals surface area contributed by atoms with Crippen molar-refractivity contribution >= 4 is 17.2 Å². The Labute approximate surface area is 147 Å². The van der Waals surface area contributed by atoms with E-state index in [1.165, 1.54) is 4.88 Å². The van der Waals surface area contributed by atoms with Crippen molar-refractivity contribution in [1.82, 2.24) is 4.90 Å². The van der Waals surface area contributed by atoms with Crippen molar-refractivity contribution in [2.45, 2.75) is 25.7 Å². The Morgan fingerprint density at radius 1 is 1.12 bits per heavy atom. The van der Waals surface area contributed by atoms with Crippen molar-refractivity contribution in [1.29, 1.82) is 0 Å². The highest BCUT2D eigenvalue weighted by atomic mass is 32.1. The molecule has 24 heavy (non-hydrogen) atoms. The molecule has 1 aliphatic heterocycles. The molecule has 1 aromatic carbocycles. The maximum Gasteiger partial charge on any atom is 0.260 e. The van der Waals surface area contributed by atoms with Gasteiger partial charge in [0.1, 0.15) is 11.5 Å². The van der Waals surface area contributed by atoms with Crippen LogP contribution in [0.1, 0.15) is 30.6 Å². The van der Waals surface area contributed by atoms with Crippen molar-refractivity contribution in [3.8, 4) is 11.5 Å². The SMILES string of the molecule is CCOc1ccc(OCC(=O)N2CCC(c3cccs3)CC2)cc1. The predicted molar refractivity (Wildman–Crippen MR) is 96.0 cm³/mol. The second-order valence-electron chi connectivity index (χ2n) is 5.86. The van der Waals surface area contributed by atoms with Gasteiger partial charge in [0.15, 0.2) is 6.61 Å². The van der Waals surface area contributed by atoms with Crippen LogP contribution in [0.25, 0.3) is 0 Å². The second kappa shape index (κ2) is 8.20. The molecule has 2 aromatic rings. The molecule has 128 valence electrons. The van der Waals surface area contributed by atoms with Crippen LogP contribution in [-0.2, 0) is 4.79 Å². The number of nitrogens with zero attached hydrogens (tertiary/aromatic N) is 1. The molecular formula is C19H23NO3S. The Bertz CT molecular complexity index is 631. The fourth-order valence-electron chi connectivity index (χ4n) is 2.97. The van der Waals surface area contributed by atoms with E-state index in [2.05, 4.69) is 17.5 Å². The highest BCUT2D eigenvalue weighted by Gasteiger charge is 2.24. The molecule has 0 unspecified atom stereocenters. The van der Waals surface area contributed by atoms with Crippen molar-refractivity contribution in [3.63, 3.8) is 0 Å². The number of likely N-dealkylation sites (tertiary alicyclic amines) is 1. The van der Waals surface area contributed by atoms with E-state index in [1.54, 1.807) is 0 Å².